The number of amides is 2. The van der Waals surface area contributed by atoms with E-state index in [-0.39, 0.29) is 32.4 Å². The molecule has 0 aromatic carbocycles. The molecule has 0 radical (unpaired) electrons. The first kappa shape index (κ1) is 17.5. The number of halogens is 6. The van der Waals surface area contributed by atoms with Crippen molar-refractivity contribution in [2.24, 2.45) is 0 Å². The maximum atomic E-state index is 11.7. The van der Waals surface area contributed by atoms with Gasteiger partial charge in [-0.05, 0) is 19.3 Å². The molecule has 0 unspecified atom stereocenters. The first-order valence-electron chi connectivity index (χ1n) is 5.25. The lowest BCUT2D eigenvalue weighted by Gasteiger charge is -2.08. The number of unbranched alkanes of at least 4 members (excludes halogenated alkanes) is 2. The Morgan fingerprint density at radius 1 is 0.684 bits per heavy atom. The summed E-state index contributed by atoms with van der Waals surface area (Å²) < 4.78 is 70.3. The molecule has 0 aromatic heterocycles. The minimum atomic E-state index is -4.94. The largest absolute Gasteiger partial charge is 0.471 e. The highest BCUT2D eigenvalue weighted by Crippen LogP contribution is 2.14. The van der Waals surface area contributed by atoms with Gasteiger partial charge >= 0.3 is 24.2 Å². The van der Waals surface area contributed by atoms with E-state index in [1.54, 1.807) is 10.6 Å². The van der Waals surface area contributed by atoms with Gasteiger partial charge in [0, 0.05) is 13.1 Å². The maximum absolute atomic E-state index is 11.7. The highest BCUT2D eigenvalue weighted by molar-refractivity contribution is 5.81. The molecule has 0 saturated carbocycles. The Labute approximate surface area is 104 Å². The van der Waals surface area contributed by atoms with E-state index >= 15 is 0 Å². The summed E-state index contributed by atoms with van der Waals surface area (Å²) in [5, 5.41) is 3.23. The number of carbonyl (C=O) groups excluding carboxylic acids is 2. The summed E-state index contributed by atoms with van der Waals surface area (Å²) in [5.74, 6) is -4.12. The van der Waals surface area contributed by atoms with Crippen molar-refractivity contribution in [2.75, 3.05) is 13.1 Å². The molecule has 0 bridgehead atoms. The van der Waals surface area contributed by atoms with Gasteiger partial charge in [-0.25, -0.2) is 0 Å². The van der Waals surface area contributed by atoms with Crippen LogP contribution in [0.3, 0.4) is 0 Å². The molecule has 0 aliphatic heterocycles. The van der Waals surface area contributed by atoms with Crippen molar-refractivity contribution in [1.82, 2.24) is 10.6 Å². The first-order valence-corrected chi connectivity index (χ1v) is 5.25. The molecular weight excluding hydrogens is 282 g/mol. The van der Waals surface area contributed by atoms with E-state index in [0.29, 0.717) is 0 Å². The number of rotatable bonds is 6. The zero-order valence-corrected chi connectivity index (χ0v) is 9.62. The molecular formula is C9H12F6N2O2. The number of alkyl halides is 6. The predicted octanol–water partition coefficient (Wildman–Crippen LogP) is 1.51. The Hall–Kier alpha value is -1.48. The average molecular weight is 294 g/mol. The second kappa shape index (κ2) is 7.19. The van der Waals surface area contributed by atoms with Crippen molar-refractivity contribution >= 4 is 11.8 Å². The lowest BCUT2D eigenvalue weighted by molar-refractivity contribution is -0.173. The van der Waals surface area contributed by atoms with Crippen LogP contribution < -0.4 is 10.6 Å². The fraction of sp³-hybridized carbons (Fsp3) is 0.778. The number of hydrogen-bond acceptors (Lipinski definition) is 2. The van der Waals surface area contributed by atoms with Gasteiger partial charge in [0.2, 0.25) is 0 Å². The normalized spacial score (nSPS) is 12.1. The fourth-order valence-electron chi connectivity index (χ4n) is 1.03. The Bertz CT molecular complexity index is 283. The van der Waals surface area contributed by atoms with Crippen LogP contribution in [-0.2, 0) is 9.59 Å². The lowest BCUT2D eigenvalue weighted by atomic mass is 10.2. The van der Waals surface area contributed by atoms with E-state index in [1.807, 2.05) is 0 Å². The highest BCUT2D eigenvalue weighted by atomic mass is 19.4. The third-order valence-corrected chi connectivity index (χ3v) is 1.94. The molecule has 0 aliphatic rings. The molecule has 10 heteroatoms. The topological polar surface area (TPSA) is 58.2 Å². The molecule has 19 heavy (non-hydrogen) atoms. The van der Waals surface area contributed by atoms with Gasteiger partial charge in [0.1, 0.15) is 0 Å². The second-order valence-corrected chi connectivity index (χ2v) is 3.57. The fourth-order valence-corrected chi connectivity index (χ4v) is 1.03. The predicted molar refractivity (Wildman–Crippen MR) is 52.0 cm³/mol. The van der Waals surface area contributed by atoms with Gasteiger partial charge in [-0.1, -0.05) is 0 Å². The molecule has 2 amide bonds. The van der Waals surface area contributed by atoms with Gasteiger partial charge in [-0.3, -0.25) is 9.59 Å². The monoisotopic (exact) mass is 294 g/mol. The van der Waals surface area contributed by atoms with E-state index in [2.05, 4.69) is 0 Å². The Morgan fingerprint density at radius 2 is 1.00 bits per heavy atom. The van der Waals surface area contributed by atoms with Crippen LogP contribution in [0.4, 0.5) is 26.3 Å². The highest BCUT2D eigenvalue weighted by Gasteiger charge is 2.38. The molecule has 0 fully saturated rings. The van der Waals surface area contributed by atoms with Crippen LogP contribution in [0.25, 0.3) is 0 Å². The van der Waals surface area contributed by atoms with E-state index in [1.165, 1.54) is 0 Å². The smallest absolute Gasteiger partial charge is 0.348 e. The summed E-state index contributed by atoms with van der Waals surface area (Å²) >= 11 is 0. The maximum Gasteiger partial charge on any atom is 0.471 e. The van der Waals surface area contributed by atoms with Crippen molar-refractivity contribution in [1.29, 1.82) is 0 Å². The molecule has 112 valence electrons. The summed E-state index contributed by atoms with van der Waals surface area (Å²) in [6.45, 7) is -0.461. The van der Waals surface area contributed by atoms with E-state index < -0.39 is 24.2 Å². The molecule has 0 aromatic rings. The molecule has 0 aliphatic carbocycles. The van der Waals surface area contributed by atoms with Crippen LogP contribution in [0.15, 0.2) is 0 Å². The lowest BCUT2D eigenvalue weighted by Crippen LogP contribution is -2.37. The zero-order valence-electron chi connectivity index (χ0n) is 9.62. The van der Waals surface area contributed by atoms with Gasteiger partial charge in [0.15, 0.2) is 0 Å². The van der Waals surface area contributed by atoms with Gasteiger partial charge in [0.05, 0.1) is 0 Å². The van der Waals surface area contributed by atoms with Gasteiger partial charge in [0.25, 0.3) is 0 Å². The van der Waals surface area contributed by atoms with Crippen molar-refractivity contribution in [3.05, 3.63) is 0 Å². The quantitative estimate of drug-likeness (QED) is 0.576. The average Bonchev–Trinajstić information content (AvgIpc) is 2.24. The van der Waals surface area contributed by atoms with Crippen LogP contribution in [0.5, 0.6) is 0 Å². The van der Waals surface area contributed by atoms with Crippen LogP contribution in [-0.4, -0.2) is 37.3 Å². The molecule has 4 nitrogen and oxygen atoms in total. The van der Waals surface area contributed by atoms with Crippen LogP contribution in [0.2, 0.25) is 0 Å². The minimum absolute atomic E-state index is 0.170. The Balaban J connectivity index is 3.53. The third kappa shape index (κ3) is 8.27. The van der Waals surface area contributed by atoms with Crippen molar-refractivity contribution < 1.29 is 35.9 Å². The van der Waals surface area contributed by atoms with E-state index in [4.69, 9.17) is 0 Å². The van der Waals surface area contributed by atoms with Crippen LogP contribution in [0.1, 0.15) is 19.3 Å². The molecule has 0 heterocycles. The summed E-state index contributed by atoms with van der Waals surface area (Å²) in [5.41, 5.74) is 0. The van der Waals surface area contributed by atoms with Gasteiger partial charge in [-0.2, -0.15) is 26.3 Å². The molecule has 0 rings (SSSR count). The summed E-state index contributed by atoms with van der Waals surface area (Å²) in [7, 11) is 0. The summed E-state index contributed by atoms with van der Waals surface area (Å²) in [6, 6.07) is 0. The Morgan fingerprint density at radius 3 is 1.26 bits per heavy atom. The third-order valence-electron chi connectivity index (χ3n) is 1.94. The molecule has 0 saturated heterocycles. The van der Waals surface area contributed by atoms with Crippen molar-refractivity contribution in [2.45, 2.75) is 31.6 Å². The first-order chi connectivity index (χ1) is 8.55. The number of hydrogen-bond donors (Lipinski definition) is 2. The van der Waals surface area contributed by atoms with E-state index in [0.717, 1.165) is 0 Å². The second-order valence-electron chi connectivity index (χ2n) is 3.57. The van der Waals surface area contributed by atoms with Crippen molar-refractivity contribution in [3.63, 3.8) is 0 Å². The van der Waals surface area contributed by atoms with E-state index in [9.17, 15) is 35.9 Å². The zero-order chi connectivity index (χ0) is 15.1. The summed E-state index contributed by atoms with van der Waals surface area (Å²) in [6.07, 6.45) is -9.27. The number of nitrogens with one attached hydrogen (secondary N) is 2. The standard InChI is InChI=1S/C9H12F6N2O2/c10-8(11,12)6(18)16-4-2-1-3-5-17-7(19)9(13,14)15/h1-5H2,(H,16,18)(H,17,19). The van der Waals surface area contributed by atoms with Crippen LogP contribution >= 0.6 is 0 Å². The minimum Gasteiger partial charge on any atom is -0.348 e. The van der Waals surface area contributed by atoms with Crippen molar-refractivity contribution in [3.8, 4) is 0 Å². The number of carbonyl (C=O) groups is 2. The van der Waals surface area contributed by atoms with Gasteiger partial charge in [-0.15, -0.1) is 0 Å². The Kier molecular flexibility index (Phi) is 6.63. The molecule has 2 N–H and O–H groups in total. The SMILES string of the molecule is O=C(NCCCCCNC(=O)C(F)(F)F)C(F)(F)F. The van der Waals surface area contributed by atoms with Crippen LogP contribution in [0, 0.1) is 0 Å². The molecule has 0 atom stereocenters. The molecule has 0 spiro atoms. The van der Waals surface area contributed by atoms with Gasteiger partial charge < -0.3 is 10.6 Å². The summed E-state index contributed by atoms with van der Waals surface area (Å²) in [4.78, 5) is 20.7.